The number of rotatable bonds is 4. The lowest BCUT2D eigenvalue weighted by Gasteiger charge is -2.15. The third kappa shape index (κ3) is 4.30. The minimum Gasteiger partial charge on any atom is -0.296 e. The fourth-order valence-corrected chi connectivity index (χ4v) is 2.39. The second kappa shape index (κ2) is 4.50. The van der Waals surface area contributed by atoms with Crippen LogP contribution in [0.4, 0.5) is 8.78 Å². The largest absolute Gasteiger partial charge is 0.296 e. The molecule has 1 aliphatic rings. The first-order chi connectivity index (χ1) is 6.37. The molecule has 0 spiro atoms. The molecule has 1 aliphatic heterocycles. The Morgan fingerprint density at radius 1 is 1.57 bits per heavy atom. The zero-order valence-corrected chi connectivity index (χ0v) is 8.73. The van der Waals surface area contributed by atoms with Crippen LogP contribution in [-0.4, -0.2) is 51.7 Å². The molecular formula is C7H14F2N2O2S. The molecule has 1 rings (SSSR count). The lowest BCUT2D eigenvalue weighted by Crippen LogP contribution is -2.37. The van der Waals surface area contributed by atoms with E-state index in [1.54, 1.807) is 4.90 Å². The van der Waals surface area contributed by atoms with Gasteiger partial charge < -0.3 is 0 Å². The van der Waals surface area contributed by atoms with Gasteiger partial charge >= 0.3 is 0 Å². The number of likely N-dealkylation sites (tertiary alicyclic amines) is 1. The van der Waals surface area contributed by atoms with Gasteiger partial charge in [0.05, 0.1) is 12.8 Å². The van der Waals surface area contributed by atoms with Crippen molar-refractivity contribution >= 4 is 10.0 Å². The van der Waals surface area contributed by atoms with E-state index >= 15 is 0 Å². The van der Waals surface area contributed by atoms with Crippen molar-refractivity contribution in [2.45, 2.75) is 18.9 Å². The summed E-state index contributed by atoms with van der Waals surface area (Å²) in [4.78, 5) is 1.56. The van der Waals surface area contributed by atoms with E-state index in [9.17, 15) is 17.2 Å². The highest BCUT2D eigenvalue weighted by Crippen LogP contribution is 2.11. The lowest BCUT2D eigenvalue weighted by atomic mass is 10.3. The molecule has 0 aromatic carbocycles. The van der Waals surface area contributed by atoms with Crippen LogP contribution in [0.2, 0.25) is 0 Å². The Kier molecular flexibility index (Phi) is 3.79. The molecule has 1 saturated heterocycles. The smallest absolute Gasteiger partial charge is 0.251 e. The number of sulfonamides is 1. The van der Waals surface area contributed by atoms with Crippen LogP contribution in [0.1, 0.15) is 6.42 Å². The van der Waals surface area contributed by atoms with Gasteiger partial charge in [-0.2, -0.15) is 0 Å². The van der Waals surface area contributed by atoms with Crippen molar-refractivity contribution in [2.75, 3.05) is 25.9 Å². The fourth-order valence-electron chi connectivity index (χ4n) is 1.59. The number of nitrogens with zero attached hydrogens (tertiary/aromatic N) is 1. The Morgan fingerprint density at radius 2 is 2.21 bits per heavy atom. The van der Waals surface area contributed by atoms with Gasteiger partial charge in [0.15, 0.2) is 0 Å². The molecule has 1 fully saturated rings. The number of halogens is 2. The standard InChI is InChI=1S/C7H14F2N2O2S/c1-14(12,13)10-6-2-3-11(4-6)5-7(8)9/h6-7,10H,2-5H2,1H3. The first kappa shape index (κ1) is 11.8. The molecule has 4 nitrogen and oxygen atoms in total. The van der Waals surface area contributed by atoms with Crippen molar-refractivity contribution in [3.8, 4) is 0 Å². The zero-order chi connectivity index (χ0) is 10.8. The van der Waals surface area contributed by atoms with E-state index in [-0.39, 0.29) is 12.6 Å². The van der Waals surface area contributed by atoms with E-state index in [1.165, 1.54) is 0 Å². The van der Waals surface area contributed by atoms with Gasteiger partial charge in [-0.1, -0.05) is 0 Å². The molecule has 14 heavy (non-hydrogen) atoms. The van der Waals surface area contributed by atoms with Crippen molar-refractivity contribution in [3.63, 3.8) is 0 Å². The van der Waals surface area contributed by atoms with Gasteiger partial charge in [-0.3, -0.25) is 4.90 Å². The number of hydrogen-bond acceptors (Lipinski definition) is 3. The van der Waals surface area contributed by atoms with E-state index in [0.29, 0.717) is 19.5 Å². The summed E-state index contributed by atoms with van der Waals surface area (Å²) in [6.45, 7) is 0.622. The minimum atomic E-state index is -3.22. The van der Waals surface area contributed by atoms with Crippen molar-refractivity contribution < 1.29 is 17.2 Å². The lowest BCUT2D eigenvalue weighted by molar-refractivity contribution is 0.0989. The molecule has 0 amide bonds. The number of hydrogen-bond donors (Lipinski definition) is 1. The van der Waals surface area contributed by atoms with Crippen molar-refractivity contribution in [3.05, 3.63) is 0 Å². The molecular weight excluding hydrogens is 214 g/mol. The van der Waals surface area contributed by atoms with Gasteiger partial charge in [-0.15, -0.1) is 0 Å². The third-order valence-electron chi connectivity index (χ3n) is 2.05. The molecule has 0 aromatic rings. The maximum Gasteiger partial charge on any atom is 0.251 e. The molecule has 0 aliphatic carbocycles. The molecule has 1 heterocycles. The van der Waals surface area contributed by atoms with Crippen LogP contribution in [0, 0.1) is 0 Å². The molecule has 0 aromatic heterocycles. The van der Waals surface area contributed by atoms with E-state index in [0.717, 1.165) is 6.26 Å². The zero-order valence-electron chi connectivity index (χ0n) is 7.91. The summed E-state index contributed by atoms with van der Waals surface area (Å²) in [7, 11) is -3.22. The summed E-state index contributed by atoms with van der Waals surface area (Å²) in [6, 6.07) is -0.219. The molecule has 0 bridgehead atoms. The third-order valence-corrected chi connectivity index (χ3v) is 2.81. The van der Waals surface area contributed by atoms with Crippen LogP contribution in [0.3, 0.4) is 0 Å². The predicted octanol–water partition coefficient (Wildman–Crippen LogP) is -0.125. The number of alkyl halides is 2. The second-order valence-corrected chi connectivity index (χ2v) is 5.31. The van der Waals surface area contributed by atoms with E-state index in [4.69, 9.17) is 0 Å². The molecule has 1 N–H and O–H groups in total. The first-order valence-electron chi connectivity index (χ1n) is 4.34. The first-order valence-corrected chi connectivity index (χ1v) is 6.24. The van der Waals surface area contributed by atoms with Gasteiger partial charge in [0, 0.05) is 12.6 Å². The normalized spacial score (nSPS) is 24.7. The summed E-state index contributed by atoms with van der Waals surface area (Å²) in [5.74, 6) is 0. The van der Waals surface area contributed by atoms with Gasteiger partial charge in [0.2, 0.25) is 10.0 Å². The molecule has 0 radical (unpaired) electrons. The molecule has 1 atom stereocenters. The van der Waals surface area contributed by atoms with Crippen molar-refractivity contribution in [1.82, 2.24) is 9.62 Å². The van der Waals surface area contributed by atoms with Crippen LogP contribution in [0.15, 0.2) is 0 Å². The maximum absolute atomic E-state index is 12.0. The summed E-state index contributed by atoms with van der Waals surface area (Å²) in [5.41, 5.74) is 0. The summed E-state index contributed by atoms with van der Waals surface area (Å²) in [5, 5.41) is 0. The quantitative estimate of drug-likeness (QED) is 0.729. The predicted molar refractivity (Wildman–Crippen MR) is 48.8 cm³/mol. The van der Waals surface area contributed by atoms with Crippen molar-refractivity contribution in [1.29, 1.82) is 0 Å². The molecule has 1 unspecified atom stereocenters. The SMILES string of the molecule is CS(=O)(=O)NC1CCN(CC(F)F)C1. The fraction of sp³-hybridized carbons (Fsp3) is 1.00. The van der Waals surface area contributed by atoms with Gasteiger partial charge in [0.1, 0.15) is 0 Å². The Bertz CT molecular complexity index is 281. The van der Waals surface area contributed by atoms with Gasteiger partial charge in [0.25, 0.3) is 6.43 Å². The second-order valence-electron chi connectivity index (χ2n) is 3.53. The Labute approximate surface area is 82.3 Å². The van der Waals surface area contributed by atoms with E-state index in [2.05, 4.69) is 4.72 Å². The molecule has 0 saturated carbocycles. The van der Waals surface area contributed by atoms with E-state index in [1.807, 2.05) is 0 Å². The Hall–Kier alpha value is -0.270. The van der Waals surface area contributed by atoms with Crippen molar-refractivity contribution in [2.24, 2.45) is 0 Å². The summed E-state index contributed by atoms with van der Waals surface area (Å²) in [6.07, 6.45) is -0.685. The number of nitrogens with one attached hydrogen (secondary N) is 1. The van der Waals surface area contributed by atoms with Crippen LogP contribution in [0.5, 0.6) is 0 Å². The van der Waals surface area contributed by atoms with Crippen LogP contribution < -0.4 is 4.72 Å². The average molecular weight is 228 g/mol. The Balaban J connectivity index is 2.34. The van der Waals surface area contributed by atoms with Crippen LogP contribution >= 0.6 is 0 Å². The molecule has 7 heteroatoms. The van der Waals surface area contributed by atoms with Crippen LogP contribution in [-0.2, 0) is 10.0 Å². The van der Waals surface area contributed by atoms with Gasteiger partial charge in [-0.25, -0.2) is 21.9 Å². The minimum absolute atomic E-state index is 0.219. The van der Waals surface area contributed by atoms with Gasteiger partial charge in [-0.05, 0) is 13.0 Å². The highest BCUT2D eigenvalue weighted by molar-refractivity contribution is 7.88. The highest BCUT2D eigenvalue weighted by Gasteiger charge is 2.26. The van der Waals surface area contributed by atoms with E-state index < -0.39 is 16.4 Å². The average Bonchev–Trinajstić information content (AvgIpc) is 2.30. The topological polar surface area (TPSA) is 49.4 Å². The Morgan fingerprint density at radius 3 is 2.71 bits per heavy atom. The highest BCUT2D eigenvalue weighted by atomic mass is 32.2. The summed E-state index contributed by atoms with van der Waals surface area (Å²) >= 11 is 0. The summed E-state index contributed by atoms with van der Waals surface area (Å²) < 4.78 is 48.0. The maximum atomic E-state index is 12.0. The van der Waals surface area contributed by atoms with Crippen LogP contribution in [0.25, 0.3) is 0 Å². The monoisotopic (exact) mass is 228 g/mol. The molecule has 84 valence electrons.